The van der Waals surface area contributed by atoms with Gasteiger partial charge in [-0.2, -0.15) is 0 Å². The van der Waals surface area contributed by atoms with E-state index >= 15 is 0 Å². The number of ether oxygens (including phenoxy) is 1. The van der Waals surface area contributed by atoms with Gasteiger partial charge in [0.15, 0.2) is 0 Å². The van der Waals surface area contributed by atoms with Crippen LogP contribution in [0.4, 0.5) is 16.3 Å². The number of allylic oxidation sites excluding steroid dienone is 1. The molecule has 2 heterocycles. The van der Waals surface area contributed by atoms with E-state index in [1.54, 1.807) is 45.0 Å². The van der Waals surface area contributed by atoms with Crippen LogP contribution in [0, 0.1) is 5.92 Å². The van der Waals surface area contributed by atoms with E-state index in [0.29, 0.717) is 47.8 Å². The minimum absolute atomic E-state index is 0.257. The van der Waals surface area contributed by atoms with Crippen molar-refractivity contribution in [2.24, 2.45) is 10.9 Å². The highest BCUT2D eigenvalue weighted by Crippen LogP contribution is 2.26. The highest BCUT2D eigenvalue weighted by Gasteiger charge is 2.34. The summed E-state index contributed by atoms with van der Waals surface area (Å²) in [6.45, 7) is 15.7. The predicted molar refractivity (Wildman–Crippen MR) is 146 cm³/mol. The third kappa shape index (κ3) is 8.73. The third-order valence-electron chi connectivity index (χ3n) is 5.82. The number of nitrogens with zero attached hydrogens (tertiary/aromatic N) is 3. The largest absolute Gasteiger partial charge is 0.444 e. The molecule has 1 saturated heterocycles. The van der Waals surface area contributed by atoms with E-state index in [-0.39, 0.29) is 12.0 Å². The van der Waals surface area contributed by atoms with Gasteiger partial charge in [0.1, 0.15) is 17.2 Å². The molecule has 3 N–H and O–H groups in total. The molecule has 0 spiro atoms. The summed E-state index contributed by atoms with van der Waals surface area (Å²) < 4.78 is 5.28. The highest BCUT2D eigenvalue weighted by atomic mass is 16.6. The summed E-state index contributed by atoms with van der Waals surface area (Å²) in [6, 6.07) is 1.36. The molecule has 1 aliphatic heterocycles. The average Bonchev–Trinajstić information content (AvgIpc) is 2.83. The van der Waals surface area contributed by atoms with Gasteiger partial charge in [0, 0.05) is 19.8 Å². The number of aliphatic imine (C=N–C) groups is 1. The van der Waals surface area contributed by atoms with Crippen molar-refractivity contribution < 1.29 is 19.1 Å². The molecule has 0 aromatic carbocycles. The minimum atomic E-state index is -0.759. The van der Waals surface area contributed by atoms with Gasteiger partial charge in [0.25, 0.3) is 0 Å². The molecule has 0 radical (unpaired) electrons. The Hall–Kier alpha value is -3.69. The number of pyridine rings is 1. The Bertz CT molecular complexity index is 1070. The van der Waals surface area contributed by atoms with Crippen molar-refractivity contribution in [1.29, 1.82) is 0 Å². The van der Waals surface area contributed by atoms with E-state index in [4.69, 9.17) is 4.74 Å². The van der Waals surface area contributed by atoms with Crippen LogP contribution in [-0.4, -0.2) is 59.2 Å². The molecule has 1 aromatic rings. The van der Waals surface area contributed by atoms with Gasteiger partial charge in [-0.3, -0.25) is 14.9 Å². The fourth-order valence-electron chi connectivity index (χ4n) is 3.96. The van der Waals surface area contributed by atoms with Crippen LogP contribution >= 0.6 is 0 Å². The summed E-state index contributed by atoms with van der Waals surface area (Å²) in [6.07, 6.45) is 6.40. The second-order valence-electron chi connectivity index (χ2n) is 10.1. The van der Waals surface area contributed by atoms with E-state index in [1.807, 2.05) is 19.9 Å². The Morgan fingerprint density at radius 1 is 1.27 bits per heavy atom. The molecule has 2 atom stereocenters. The van der Waals surface area contributed by atoms with Crippen molar-refractivity contribution in [2.75, 3.05) is 24.2 Å². The van der Waals surface area contributed by atoms with Crippen LogP contribution < -0.4 is 16.0 Å². The molecule has 3 amide bonds. The molecule has 10 heteroatoms. The Morgan fingerprint density at radius 3 is 2.57 bits per heavy atom. The Labute approximate surface area is 219 Å². The maximum absolute atomic E-state index is 13.2. The van der Waals surface area contributed by atoms with Gasteiger partial charge in [-0.15, -0.1) is 0 Å². The van der Waals surface area contributed by atoms with Crippen LogP contribution in [0.1, 0.15) is 59.9 Å². The number of rotatable bonds is 7. The lowest BCUT2D eigenvalue weighted by atomic mass is 9.90. The number of aromatic nitrogens is 1. The number of carbonyl (C=O) groups excluding carboxylic acids is 3. The topological polar surface area (TPSA) is 125 Å². The normalized spacial score (nSPS) is 18.4. The first-order chi connectivity index (χ1) is 17.4. The van der Waals surface area contributed by atoms with E-state index in [2.05, 4.69) is 39.4 Å². The summed E-state index contributed by atoms with van der Waals surface area (Å²) in [5.74, 6) is -0.119. The molecular formula is C27H40N6O4. The minimum Gasteiger partial charge on any atom is -0.444 e. The van der Waals surface area contributed by atoms with Crippen molar-refractivity contribution in [3.63, 3.8) is 0 Å². The van der Waals surface area contributed by atoms with Gasteiger partial charge >= 0.3 is 17.9 Å². The number of hydrogen-bond acceptors (Lipinski definition) is 7. The van der Waals surface area contributed by atoms with Crippen molar-refractivity contribution in [3.05, 3.63) is 41.9 Å². The van der Waals surface area contributed by atoms with Gasteiger partial charge < -0.3 is 20.3 Å². The molecule has 0 bridgehead atoms. The Morgan fingerprint density at radius 2 is 1.97 bits per heavy atom. The molecule has 0 saturated carbocycles. The molecule has 10 nitrogen and oxygen atoms in total. The number of piperidine rings is 1. The molecule has 1 fully saturated rings. The number of aryl methyl sites for hydroxylation is 1. The van der Waals surface area contributed by atoms with Crippen LogP contribution in [0.3, 0.4) is 0 Å². The van der Waals surface area contributed by atoms with Crippen LogP contribution in [-0.2, 0) is 20.7 Å². The van der Waals surface area contributed by atoms with Gasteiger partial charge in [-0.1, -0.05) is 20.4 Å². The lowest BCUT2D eigenvalue weighted by molar-refractivity contribution is -0.145. The van der Waals surface area contributed by atoms with Crippen molar-refractivity contribution in [1.82, 2.24) is 15.2 Å². The predicted octanol–water partition coefficient (Wildman–Crippen LogP) is 4.26. The van der Waals surface area contributed by atoms with E-state index < -0.39 is 23.5 Å². The zero-order valence-electron chi connectivity index (χ0n) is 23.0. The van der Waals surface area contributed by atoms with E-state index in [1.165, 1.54) is 6.20 Å². The van der Waals surface area contributed by atoms with Gasteiger partial charge in [0.05, 0.1) is 17.9 Å². The maximum atomic E-state index is 13.2. The number of likely N-dealkylation sites (tertiary alicyclic amines) is 1. The second kappa shape index (κ2) is 13.0. The fourth-order valence-corrected chi connectivity index (χ4v) is 3.96. The van der Waals surface area contributed by atoms with Crippen molar-refractivity contribution in [3.8, 4) is 0 Å². The molecule has 202 valence electrons. The molecule has 1 aliphatic rings. The van der Waals surface area contributed by atoms with Crippen LogP contribution in [0.25, 0.3) is 0 Å². The van der Waals surface area contributed by atoms with Gasteiger partial charge in [-0.05, 0) is 76.2 Å². The number of amides is 3. The second-order valence-corrected chi connectivity index (χ2v) is 10.1. The summed E-state index contributed by atoms with van der Waals surface area (Å²) in [5.41, 5.74) is 1.07. The molecule has 0 aliphatic carbocycles. The number of carbonyl (C=O) groups is 3. The number of hydrogen-bond donors (Lipinski definition) is 3. The van der Waals surface area contributed by atoms with Crippen LogP contribution in [0.5, 0.6) is 0 Å². The standard InChI is InChI=1S/C27H40N6O4/c1-9-19-13-20(15-30-23(19)32-26(36)37-27(5,6)7)31-24(34)25(35)33-16-17(3)11-12-21(33)18(4)14-29-22(10-2)28-8/h10,13-15,17,21,28H,4,9,11-12,16H2,1-3,5-8H3,(H,31,34)(H,30,32,36)/b22-10-,29-14?/t17-,21+/m1/s1. The summed E-state index contributed by atoms with van der Waals surface area (Å²) in [7, 11) is 1.77. The lowest BCUT2D eigenvalue weighted by Crippen LogP contribution is -2.51. The fraction of sp³-hybridized carbons (Fsp3) is 0.519. The molecule has 37 heavy (non-hydrogen) atoms. The average molecular weight is 513 g/mol. The van der Waals surface area contributed by atoms with E-state index in [0.717, 1.165) is 6.42 Å². The Balaban J connectivity index is 2.15. The van der Waals surface area contributed by atoms with Crippen LogP contribution in [0.15, 0.2) is 41.3 Å². The molecule has 2 rings (SSSR count). The quantitative estimate of drug-likeness (QED) is 0.370. The zero-order valence-corrected chi connectivity index (χ0v) is 23.0. The molecule has 0 unspecified atom stereocenters. The highest BCUT2D eigenvalue weighted by molar-refractivity contribution is 6.39. The summed E-state index contributed by atoms with van der Waals surface area (Å²) >= 11 is 0. The van der Waals surface area contributed by atoms with E-state index in [9.17, 15) is 14.4 Å². The smallest absolute Gasteiger partial charge is 0.413 e. The first-order valence-electron chi connectivity index (χ1n) is 12.6. The first-order valence-corrected chi connectivity index (χ1v) is 12.6. The SMILES string of the molecule is C=C(C=N/C(=C\C)NC)[C@@H]1CC[C@@H](C)CN1C(=O)C(=O)Nc1cnc(NC(=O)OC(C)(C)C)c(CC)c1. The maximum Gasteiger partial charge on any atom is 0.413 e. The van der Waals surface area contributed by atoms with Crippen molar-refractivity contribution >= 4 is 35.6 Å². The zero-order chi connectivity index (χ0) is 27.8. The first kappa shape index (κ1) is 29.5. The van der Waals surface area contributed by atoms with Crippen molar-refractivity contribution in [2.45, 2.75) is 72.4 Å². The summed E-state index contributed by atoms with van der Waals surface area (Å²) in [4.78, 5) is 48.5. The number of anilines is 2. The molecule has 1 aromatic heterocycles. The molecular weight excluding hydrogens is 472 g/mol. The summed E-state index contributed by atoms with van der Waals surface area (Å²) in [5, 5.41) is 8.26. The van der Waals surface area contributed by atoms with Gasteiger partial charge in [0.2, 0.25) is 0 Å². The van der Waals surface area contributed by atoms with Gasteiger partial charge in [-0.25, -0.2) is 14.8 Å². The Kier molecular flexibility index (Phi) is 10.4. The van der Waals surface area contributed by atoms with Crippen LogP contribution in [0.2, 0.25) is 0 Å². The third-order valence-corrected chi connectivity index (χ3v) is 5.82. The lowest BCUT2D eigenvalue weighted by Gasteiger charge is -2.38. The monoisotopic (exact) mass is 512 g/mol. The number of nitrogens with one attached hydrogen (secondary N) is 3.